The van der Waals surface area contributed by atoms with Gasteiger partial charge >= 0.3 is 0 Å². The predicted molar refractivity (Wildman–Crippen MR) is 107 cm³/mol. The molecule has 0 saturated carbocycles. The standard InChI is InChI=1S/C20H22BrNO3S/c1-2-15-7-9-16(10-8-15)13-22(17-11-12-26(24,25)14-17)20(23)18-5-3-4-6-19(18)21/h3-10,17H,2,11-14H2,1H3/t17-/m1/s1. The van der Waals surface area contributed by atoms with Gasteiger partial charge in [-0.3, -0.25) is 4.79 Å². The Balaban J connectivity index is 1.91. The van der Waals surface area contributed by atoms with E-state index < -0.39 is 9.84 Å². The molecule has 4 nitrogen and oxygen atoms in total. The van der Waals surface area contributed by atoms with E-state index in [1.165, 1.54) is 5.56 Å². The maximum Gasteiger partial charge on any atom is 0.255 e. The topological polar surface area (TPSA) is 54.5 Å². The Morgan fingerprint density at radius 3 is 2.35 bits per heavy atom. The molecule has 0 spiro atoms. The fourth-order valence-corrected chi connectivity index (χ4v) is 5.44. The molecular weight excluding hydrogens is 414 g/mol. The second kappa shape index (κ2) is 7.92. The molecule has 1 aliphatic rings. The molecule has 0 unspecified atom stereocenters. The maximum atomic E-state index is 13.2. The zero-order chi connectivity index (χ0) is 18.7. The molecule has 0 bridgehead atoms. The van der Waals surface area contributed by atoms with E-state index in [0.29, 0.717) is 18.5 Å². The van der Waals surface area contributed by atoms with E-state index in [-0.39, 0.29) is 23.5 Å². The molecule has 0 radical (unpaired) electrons. The summed E-state index contributed by atoms with van der Waals surface area (Å²) >= 11 is 3.43. The highest BCUT2D eigenvalue weighted by molar-refractivity contribution is 9.10. The molecule has 1 heterocycles. The summed E-state index contributed by atoms with van der Waals surface area (Å²) in [6.07, 6.45) is 1.45. The third-order valence-corrected chi connectivity index (χ3v) is 7.24. The van der Waals surface area contributed by atoms with Crippen LogP contribution in [0.4, 0.5) is 0 Å². The van der Waals surface area contributed by atoms with Gasteiger partial charge in [-0.1, -0.05) is 43.3 Å². The monoisotopic (exact) mass is 435 g/mol. The Hall–Kier alpha value is -1.66. The molecule has 1 fully saturated rings. The second-order valence-electron chi connectivity index (χ2n) is 6.64. The lowest BCUT2D eigenvalue weighted by Crippen LogP contribution is -2.40. The summed E-state index contributed by atoms with van der Waals surface area (Å²) in [5, 5.41) is 0. The minimum atomic E-state index is -3.07. The van der Waals surface area contributed by atoms with Crippen LogP contribution in [0.3, 0.4) is 0 Å². The molecule has 1 atom stereocenters. The largest absolute Gasteiger partial charge is 0.330 e. The summed E-state index contributed by atoms with van der Waals surface area (Å²) in [4.78, 5) is 14.9. The number of carbonyl (C=O) groups excluding carboxylic acids is 1. The number of sulfone groups is 1. The van der Waals surface area contributed by atoms with E-state index in [1.807, 2.05) is 30.3 Å². The summed E-state index contributed by atoms with van der Waals surface area (Å²) in [5.41, 5.74) is 2.80. The normalized spacial score (nSPS) is 18.6. The number of rotatable bonds is 5. The van der Waals surface area contributed by atoms with E-state index >= 15 is 0 Å². The van der Waals surface area contributed by atoms with Gasteiger partial charge in [0.2, 0.25) is 0 Å². The lowest BCUT2D eigenvalue weighted by Gasteiger charge is -2.29. The molecule has 0 N–H and O–H groups in total. The van der Waals surface area contributed by atoms with Crippen LogP contribution in [0.5, 0.6) is 0 Å². The highest BCUT2D eigenvalue weighted by Crippen LogP contribution is 2.25. The fourth-order valence-electron chi connectivity index (χ4n) is 3.25. The second-order valence-corrected chi connectivity index (χ2v) is 9.72. The van der Waals surface area contributed by atoms with Crippen LogP contribution >= 0.6 is 15.9 Å². The molecule has 6 heteroatoms. The van der Waals surface area contributed by atoms with Crippen molar-refractivity contribution in [1.82, 2.24) is 4.90 Å². The van der Waals surface area contributed by atoms with Crippen molar-refractivity contribution >= 4 is 31.7 Å². The van der Waals surface area contributed by atoms with E-state index in [0.717, 1.165) is 16.5 Å². The Morgan fingerprint density at radius 1 is 1.12 bits per heavy atom. The van der Waals surface area contributed by atoms with E-state index in [9.17, 15) is 13.2 Å². The fraction of sp³-hybridized carbons (Fsp3) is 0.350. The quantitative estimate of drug-likeness (QED) is 0.716. The Morgan fingerprint density at radius 2 is 1.77 bits per heavy atom. The van der Waals surface area contributed by atoms with Crippen molar-refractivity contribution < 1.29 is 13.2 Å². The van der Waals surface area contributed by atoms with Crippen LogP contribution < -0.4 is 0 Å². The number of halogens is 1. The molecule has 1 saturated heterocycles. The van der Waals surface area contributed by atoms with Gasteiger partial charge in [0.05, 0.1) is 17.1 Å². The maximum absolute atomic E-state index is 13.2. The van der Waals surface area contributed by atoms with Crippen LogP contribution in [0, 0.1) is 0 Å². The lowest BCUT2D eigenvalue weighted by molar-refractivity contribution is 0.0680. The molecular formula is C20H22BrNO3S. The number of aryl methyl sites for hydroxylation is 1. The average molecular weight is 436 g/mol. The molecule has 0 aromatic heterocycles. The molecule has 3 rings (SSSR count). The van der Waals surface area contributed by atoms with Crippen LogP contribution in [0.15, 0.2) is 53.0 Å². The van der Waals surface area contributed by atoms with Crippen molar-refractivity contribution in [3.8, 4) is 0 Å². The summed E-state index contributed by atoms with van der Waals surface area (Å²) in [5.74, 6) is 0.0433. The SMILES string of the molecule is CCc1ccc(CN(C(=O)c2ccccc2Br)[C@@H]2CCS(=O)(=O)C2)cc1. The van der Waals surface area contributed by atoms with Gasteiger partial charge in [-0.15, -0.1) is 0 Å². The highest BCUT2D eigenvalue weighted by atomic mass is 79.9. The van der Waals surface area contributed by atoms with Crippen molar-refractivity contribution in [2.45, 2.75) is 32.4 Å². The lowest BCUT2D eigenvalue weighted by atomic mass is 10.1. The number of amides is 1. The Bertz CT molecular complexity index is 894. The summed E-state index contributed by atoms with van der Waals surface area (Å²) in [6, 6.07) is 15.1. The van der Waals surface area contributed by atoms with Crippen LogP contribution in [0.2, 0.25) is 0 Å². The first-order valence-corrected chi connectivity index (χ1v) is 11.3. The minimum Gasteiger partial charge on any atom is -0.330 e. The van der Waals surface area contributed by atoms with Crippen molar-refractivity contribution in [1.29, 1.82) is 0 Å². The van der Waals surface area contributed by atoms with Crippen LogP contribution in [-0.2, 0) is 22.8 Å². The highest BCUT2D eigenvalue weighted by Gasteiger charge is 2.35. The van der Waals surface area contributed by atoms with Gasteiger partial charge in [-0.2, -0.15) is 0 Å². The molecule has 1 amide bonds. The van der Waals surface area contributed by atoms with Gasteiger partial charge in [0.1, 0.15) is 0 Å². The molecule has 2 aromatic rings. The van der Waals surface area contributed by atoms with Crippen LogP contribution in [-0.4, -0.2) is 36.8 Å². The van der Waals surface area contributed by atoms with E-state index in [2.05, 4.69) is 35.0 Å². The number of benzene rings is 2. The first-order valence-electron chi connectivity index (χ1n) is 8.73. The van der Waals surface area contributed by atoms with Gasteiger partial charge < -0.3 is 4.90 Å². The predicted octanol–water partition coefficient (Wildman–Crippen LogP) is 3.84. The molecule has 1 aliphatic heterocycles. The third-order valence-electron chi connectivity index (χ3n) is 4.80. The Labute approximate surface area is 163 Å². The first-order chi connectivity index (χ1) is 12.4. The molecule has 26 heavy (non-hydrogen) atoms. The first kappa shape index (κ1) is 19.1. The Kier molecular flexibility index (Phi) is 5.82. The molecule has 138 valence electrons. The van der Waals surface area contributed by atoms with E-state index in [1.54, 1.807) is 11.0 Å². The summed E-state index contributed by atoms with van der Waals surface area (Å²) in [6.45, 7) is 2.51. The van der Waals surface area contributed by atoms with Gasteiger partial charge in [0.25, 0.3) is 5.91 Å². The smallest absolute Gasteiger partial charge is 0.255 e. The van der Waals surface area contributed by atoms with Crippen molar-refractivity contribution in [3.05, 3.63) is 69.7 Å². The summed E-state index contributed by atoms with van der Waals surface area (Å²) in [7, 11) is -3.07. The zero-order valence-corrected chi connectivity index (χ0v) is 17.1. The molecule has 2 aromatic carbocycles. The number of carbonyl (C=O) groups is 1. The minimum absolute atomic E-state index is 0.0379. The zero-order valence-electron chi connectivity index (χ0n) is 14.7. The third kappa shape index (κ3) is 4.35. The number of hydrogen-bond donors (Lipinski definition) is 0. The average Bonchev–Trinajstić information content (AvgIpc) is 2.99. The van der Waals surface area contributed by atoms with Gasteiger partial charge in [0.15, 0.2) is 9.84 Å². The van der Waals surface area contributed by atoms with Gasteiger partial charge in [0, 0.05) is 17.1 Å². The van der Waals surface area contributed by atoms with Gasteiger partial charge in [-0.25, -0.2) is 8.42 Å². The van der Waals surface area contributed by atoms with Crippen molar-refractivity contribution in [2.24, 2.45) is 0 Å². The van der Waals surface area contributed by atoms with Crippen LogP contribution in [0.25, 0.3) is 0 Å². The number of nitrogens with zero attached hydrogens (tertiary/aromatic N) is 1. The van der Waals surface area contributed by atoms with Crippen molar-refractivity contribution in [2.75, 3.05) is 11.5 Å². The van der Waals surface area contributed by atoms with Gasteiger partial charge in [-0.05, 0) is 52.0 Å². The molecule has 0 aliphatic carbocycles. The van der Waals surface area contributed by atoms with E-state index in [4.69, 9.17) is 0 Å². The van der Waals surface area contributed by atoms with Crippen LogP contribution in [0.1, 0.15) is 34.8 Å². The summed E-state index contributed by atoms with van der Waals surface area (Å²) < 4.78 is 24.6. The van der Waals surface area contributed by atoms with Crippen molar-refractivity contribution in [3.63, 3.8) is 0 Å². The number of hydrogen-bond acceptors (Lipinski definition) is 3.